The van der Waals surface area contributed by atoms with E-state index in [0.717, 1.165) is 23.0 Å². The predicted octanol–water partition coefficient (Wildman–Crippen LogP) is 4.22. The Bertz CT molecular complexity index is 1260. The van der Waals surface area contributed by atoms with E-state index in [1.54, 1.807) is 10.6 Å². The number of carbonyl (C=O) groups is 1. The van der Waals surface area contributed by atoms with Crippen molar-refractivity contribution in [3.63, 3.8) is 0 Å². The summed E-state index contributed by atoms with van der Waals surface area (Å²) < 4.78 is 1.55. The molecule has 10 heteroatoms. The number of fused-ring (bicyclic) bond motifs is 1. The molecule has 3 aromatic rings. The molecule has 1 aliphatic rings. The van der Waals surface area contributed by atoms with Gasteiger partial charge in [0, 0.05) is 29.5 Å². The summed E-state index contributed by atoms with van der Waals surface area (Å²) in [6, 6.07) is 13.3. The van der Waals surface area contributed by atoms with Gasteiger partial charge in [-0.25, -0.2) is 4.98 Å². The number of anilines is 1. The summed E-state index contributed by atoms with van der Waals surface area (Å²) in [5.41, 5.74) is 2.64. The molecule has 8 nitrogen and oxygen atoms in total. The van der Waals surface area contributed by atoms with Gasteiger partial charge in [-0.2, -0.15) is 0 Å². The fourth-order valence-corrected chi connectivity index (χ4v) is 5.27. The van der Waals surface area contributed by atoms with Gasteiger partial charge in [0.25, 0.3) is 11.2 Å². The lowest BCUT2D eigenvalue weighted by Gasteiger charge is -2.14. The van der Waals surface area contributed by atoms with Crippen molar-refractivity contribution in [3.05, 3.63) is 80.3 Å². The number of non-ortho nitro benzene ring substituents is 1. The molecule has 2 aromatic carbocycles. The molecular weight excluding hydrogens is 448 g/mol. The molecule has 0 aliphatic carbocycles. The minimum absolute atomic E-state index is 0.00246. The zero-order valence-corrected chi connectivity index (χ0v) is 19.0. The summed E-state index contributed by atoms with van der Waals surface area (Å²) in [4.78, 5) is 41.6. The first-order valence-electron chi connectivity index (χ1n) is 9.88. The van der Waals surface area contributed by atoms with Gasteiger partial charge in [-0.3, -0.25) is 24.3 Å². The summed E-state index contributed by atoms with van der Waals surface area (Å²) in [6.45, 7) is 4.03. The summed E-state index contributed by atoms with van der Waals surface area (Å²) in [5.74, 6) is -0.342. The highest BCUT2D eigenvalue weighted by atomic mass is 32.2. The van der Waals surface area contributed by atoms with E-state index < -0.39 is 4.92 Å². The summed E-state index contributed by atoms with van der Waals surface area (Å²) >= 11 is 2.69. The number of thioether (sulfide) groups is 2. The highest BCUT2D eigenvalue weighted by Gasteiger charge is 2.27. The number of hydrogen-bond donors (Lipinski definition) is 1. The number of amides is 1. The van der Waals surface area contributed by atoms with Gasteiger partial charge in [0.2, 0.25) is 5.91 Å². The van der Waals surface area contributed by atoms with E-state index in [1.807, 2.05) is 31.2 Å². The number of nitro benzene ring substituents is 1. The average Bonchev–Trinajstić information content (AvgIpc) is 3.14. The number of nitro groups is 1. The van der Waals surface area contributed by atoms with Crippen LogP contribution >= 0.6 is 23.5 Å². The van der Waals surface area contributed by atoms with Gasteiger partial charge in [0.15, 0.2) is 5.16 Å². The SMILES string of the molecule is Cc1ccc(-n2c(SCC(=O)Nc3cccc([N+](=O)[O-])c3)nc3c(c2=O)SC(C)C3)cc1. The number of carbonyl (C=O) groups excluding carboxylic acids is 1. The van der Waals surface area contributed by atoms with Crippen molar-refractivity contribution in [1.29, 1.82) is 0 Å². The van der Waals surface area contributed by atoms with E-state index >= 15 is 0 Å². The quantitative estimate of drug-likeness (QED) is 0.250. The molecule has 0 bridgehead atoms. The van der Waals surface area contributed by atoms with E-state index in [0.29, 0.717) is 27.8 Å². The van der Waals surface area contributed by atoms with Crippen molar-refractivity contribution in [1.82, 2.24) is 9.55 Å². The van der Waals surface area contributed by atoms with Crippen LogP contribution in [0.15, 0.2) is 63.4 Å². The molecule has 0 spiro atoms. The molecule has 1 aromatic heterocycles. The van der Waals surface area contributed by atoms with Gasteiger partial charge >= 0.3 is 0 Å². The fourth-order valence-electron chi connectivity index (χ4n) is 3.34. The van der Waals surface area contributed by atoms with E-state index in [9.17, 15) is 19.7 Å². The second-order valence-electron chi connectivity index (χ2n) is 7.42. The van der Waals surface area contributed by atoms with Crippen LogP contribution in [0.5, 0.6) is 0 Å². The number of benzene rings is 2. The second kappa shape index (κ2) is 9.17. The van der Waals surface area contributed by atoms with Crippen molar-refractivity contribution < 1.29 is 9.72 Å². The molecule has 1 amide bonds. The Kier molecular flexibility index (Phi) is 6.33. The average molecular weight is 469 g/mol. The third-order valence-electron chi connectivity index (χ3n) is 4.85. The molecule has 0 radical (unpaired) electrons. The predicted molar refractivity (Wildman–Crippen MR) is 126 cm³/mol. The van der Waals surface area contributed by atoms with E-state index in [4.69, 9.17) is 4.98 Å². The molecular formula is C22H20N4O4S2. The molecule has 164 valence electrons. The minimum atomic E-state index is -0.516. The number of aryl methyl sites for hydroxylation is 1. The van der Waals surface area contributed by atoms with Crippen LogP contribution in [0.1, 0.15) is 18.2 Å². The first-order valence-corrected chi connectivity index (χ1v) is 11.7. The minimum Gasteiger partial charge on any atom is -0.325 e. The highest BCUT2D eigenvalue weighted by Crippen LogP contribution is 2.35. The maximum atomic E-state index is 13.3. The summed E-state index contributed by atoms with van der Waals surface area (Å²) in [5, 5.41) is 14.3. The zero-order chi connectivity index (χ0) is 22.8. The van der Waals surface area contributed by atoms with Crippen LogP contribution in [0.2, 0.25) is 0 Å². The Labute approximate surface area is 192 Å². The Morgan fingerprint density at radius 3 is 2.78 bits per heavy atom. The lowest BCUT2D eigenvalue weighted by Crippen LogP contribution is -2.24. The van der Waals surface area contributed by atoms with Gasteiger partial charge in [0.05, 0.1) is 27.0 Å². The molecule has 1 atom stereocenters. The van der Waals surface area contributed by atoms with E-state index in [-0.39, 0.29) is 28.2 Å². The lowest BCUT2D eigenvalue weighted by atomic mass is 10.2. The number of nitrogens with zero attached hydrogens (tertiary/aromatic N) is 3. The largest absolute Gasteiger partial charge is 0.325 e. The van der Waals surface area contributed by atoms with Crippen LogP contribution in [-0.4, -0.2) is 31.4 Å². The van der Waals surface area contributed by atoms with E-state index in [1.165, 1.54) is 30.0 Å². The monoisotopic (exact) mass is 468 g/mol. The molecule has 4 rings (SSSR count). The smallest absolute Gasteiger partial charge is 0.272 e. The van der Waals surface area contributed by atoms with Crippen molar-refractivity contribution in [2.45, 2.75) is 35.6 Å². The fraction of sp³-hybridized carbons (Fsp3) is 0.227. The van der Waals surface area contributed by atoms with Crippen LogP contribution in [0.3, 0.4) is 0 Å². The van der Waals surface area contributed by atoms with Gasteiger partial charge < -0.3 is 5.32 Å². The standard InChI is InChI=1S/C22H20N4O4S2/c1-13-6-8-16(9-7-13)25-21(28)20-18(10-14(2)32-20)24-22(25)31-12-19(27)23-15-4-3-5-17(11-15)26(29)30/h3-9,11,14H,10,12H2,1-2H3,(H,23,27). The van der Waals surface area contributed by atoms with Crippen LogP contribution < -0.4 is 10.9 Å². The van der Waals surface area contributed by atoms with Gasteiger partial charge in [-0.15, -0.1) is 11.8 Å². The molecule has 2 heterocycles. The topological polar surface area (TPSA) is 107 Å². The highest BCUT2D eigenvalue weighted by molar-refractivity contribution is 8.00. The van der Waals surface area contributed by atoms with E-state index in [2.05, 4.69) is 12.2 Å². The maximum Gasteiger partial charge on any atom is 0.272 e. The van der Waals surface area contributed by atoms with Crippen LogP contribution in [0.4, 0.5) is 11.4 Å². The Morgan fingerprint density at radius 1 is 1.31 bits per heavy atom. The van der Waals surface area contributed by atoms with Crippen molar-refractivity contribution >= 4 is 40.8 Å². The van der Waals surface area contributed by atoms with Crippen LogP contribution in [0.25, 0.3) is 5.69 Å². The summed E-state index contributed by atoms with van der Waals surface area (Å²) in [7, 11) is 0. The molecule has 0 saturated carbocycles. The Hall–Kier alpha value is -3.11. The number of nitrogens with one attached hydrogen (secondary N) is 1. The van der Waals surface area contributed by atoms with Gasteiger partial charge in [0.1, 0.15) is 0 Å². The molecule has 1 aliphatic heterocycles. The third kappa shape index (κ3) is 4.71. The Morgan fingerprint density at radius 2 is 2.06 bits per heavy atom. The third-order valence-corrected chi connectivity index (χ3v) is 7.00. The summed E-state index contributed by atoms with van der Waals surface area (Å²) in [6.07, 6.45) is 0.706. The molecule has 1 N–H and O–H groups in total. The van der Waals surface area contributed by atoms with Crippen LogP contribution in [0, 0.1) is 17.0 Å². The van der Waals surface area contributed by atoms with Crippen molar-refractivity contribution in [3.8, 4) is 5.69 Å². The number of rotatable bonds is 6. The number of aromatic nitrogens is 2. The zero-order valence-electron chi connectivity index (χ0n) is 17.4. The van der Waals surface area contributed by atoms with Crippen molar-refractivity contribution in [2.24, 2.45) is 0 Å². The van der Waals surface area contributed by atoms with Gasteiger partial charge in [-0.05, 0) is 25.1 Å². The first kappa shape index (κ1) is 22.1. The maximum absolute atomic E-state index is 13.3. The molecule has 32 heavy (non-hydrogen) atoms. The Balaban J connectivity index is 1.60. The lowest BCUT2D eigenvalue weighted by molar-refractivity contribution is -0.384. The molecule has 0 fully saturated rings. The van der Waals surface area contributed by atoms with Crippen molar-refractivity contribution in [2.75, 3.05) is 11.1 Å². The van der Waals surface area contributed by atoms with Gasteiger partial charge in [-0.1, -0.05) is 42.4 Å². The second-order valence-corrected chi connectivity index (χ2v) is 9.81. The molecule has 0 saturated heterocycles. The molecule has 1 unspecified atom stereocenters. The first-order chi connectivity index (χ1) is 15.3. The normalized spacial score (nSPS) is 14.8. The number of hydrogen-bond acceptors (Lipinski definition) is 7. The van der Waals surface area contributed by atoms with Crippen LogP contribution in [-0.2, 0) is 11.2 Å².